The number of carbonyl (C=O) groups excluding carboxylic acids is 1. The van der Waals surface area contributed by atoms with Crippen LogP contribution in [0.25, 0.3) is 6.08 Å². The van der Waals surface area contributed by atoms with E-state index in [4.69, 9.17) is 4.74 Å². The smallest absolute Gasteiger partial charge is 0.244 e. The Morgan fingerprint density at radius 2 is 1.95 bits per heavy atom. The monoisotopic (exact) mass is 287 g/mol. The van der Waals surface area contributed by atoms with Crippen molar-refractivity contribution >= 4 is 12.0 Å². The highest BCUT2D eigenvalue weighted by Crippen LogP contribution is 2.17. The molecule has 0 unspecified atom stereocenters. The summed E-state index contributed by atoms with van der Waals surface area (Å²) in [6.07, 6.45) is 10.5. The third kappa shape index (κ3) is 5.62. The van der Waals surface area contributed by atoms with E-state index in [2.05, 4.69) is 12.2 Å². The number of nitrogens with one attached hydrogen (secondary N) is 1. The molecular weight excluding hydrogens is 262 g/mol. The lowest BCUT2D eigenvalue weighted by molar-refractivity contribution is -0.117. The van der Waals surface area contributed by atoms with Gasteiger partial charge in [0, 0.05) is 12.1 Å². The number of ether oxygens (including phenoxy) is 1. The number of benzene rings is 1. The number of rotatable bonds is 6. The van der Waals surface area contributed by atoms with Gasteiger partial charge in [-0.05, 0) is 43.0 Å². The Morgan fingerprint density at radius 3 is 2.62 bits per heavy atom. The van der Waals surface area contributed by atoms with Crippen molar-refractivity contribution in [1.82, 2.24) is 5.32 Å². The van der Waals surface area contributed by atoms with Crippen LogP contribution in [0.5, 0.6) is 5.75 Å². The standard InChI is InChI=1S/C18H25NO2/c1-2-14-21-17-11-8-15(9-12-17)10-13-18(20)19-16-6-4-3-5-7-16/h8-13,16H,2-7,14H2,1H3,(H,19,20)/b13-10+. The van der Waals surface area contributed by atoms with Crippen LogP contribution in [0.4, 0.5) is 0 Å². The van der Waals surface area contributed by atoms with Crippen LogP contribution >= 0.6 is 0 Å². The zero-order chi connectivity index (χ0) is 14.9. The van der Waals surface area contributed by atoms with Crippen molar-refractivity contribution in [1.29, 1.82) is 0 Å². The molecule has 1 aromatic carbocycles. The van der Waals surface area contributed by atoms with Crippen LogP contribution in [0.15, 0.2) is 30.3 Å². The third-order valence-corrected chi connectivity index (χ3v) is 3.73. The Hall–Kier alpha value is -1.77. The third-order valence-electron chi connectivity index (χ3n) is 3.73. The summed E-state index contributed by atoms with van der Waals surface area (Å²) in [5.74, 6) is 0.883. The first-order chi connectivity index (χ1) is 10.3. The molecule has 1 amide bonds. The lowest BCUT2D eigenvalue weighted by Crippen LogP contribution is -2.34. The maximum Gasteiger partial charge on any atom is 0.244 e. The molecule has 21 heavy (non-hydrogen) atoms. The average molecular weight is 287 g/mol. The van der Waals surface area contributed by atoms with Crippen molar-refractivity contribution in [2.75, 3.05) is 6.61 Å². The molecule has 1 aromatic rings. The normalized spacial score (nSPS) is 16.0. The van der Waals surface area contributed by atoms with Crippen LogP contribution in [0.2, 0.25) is 0 Å². The molecular formula is C18H25NO2. The van der Waals surface area contributed by atoms with Gasteiger partial charge in [0.15, 0.2) is 0 Å². The Morgan fingerprint density at radius 1 is 1.24 bits per heavy atom. The van der Waals surface area contributed by atoms with Gasteiger partial charge in [-0.1, -0.05) is 38.3 Å². The molecule has 1 saturated carbocycles. The highest BCUT2D eigenvalue weighted by Gasteiger charge is 2.13. The molecule has 0 spiro atoms. The molecule has 1 fully saturated rings. The molecule has 1 N–H and O–H groups in total. The van der Waals surface area contributed by atoms with E-state index in [-0.39, 0.29) is 5.91 Å². The second kappa shape index (κ2) is 8.50. The average Bonchev–Trinajstić information content (AvgIpc) is 2.53. The van der Waals surface area contributed by atoms with E-state index in [1.54, 1.807) is 6.08 Å². The first-order valence-electron chi connectivity index (χ1n) is 7.99. The van der Waals surface area contributed by atoms with Crippen molar-refractivity contribution in [3.05, 3.63) is 35.9 Å². The van der Waals surface area contributed by atoms with Gasteiger partial charge in [0.05, 0.1) is 6.61 Å². The molecule has 0 radical (unpaired) electrons. The minimum Gasteiger partial charge on any atom is -0.494 e. The molecule has 0 atom stereocenters. The lowest BCUT2D eigenvalue weighted by atomic mass is 9.95. The molecule has 1 aliphatic carbocycles. The van der Waals surface area contributed by atoms with E-state index in [1.165, 1.54) is 19.3 Å². The van der Waals surface area contributed by atoms with Gasteiger partial charge < -0.3 is 10.1 Å². The summed E-state index contributed by atoms with van der Waals surface area (Å²) >= 11 is 0. The fourth-order valence-electron chi connectivity index (χ4n) is 2.56. The Balaban J connectivity index is 1.80. The quantitative estimate of drug-likeness (QED) is 0.805. The van der Waals surface area contributed by atoms with E-state index in [1.807, 2.05) is 30.3 Å². The zero-order valence-electron chi connectivity index (χ0n) is 12.8. The van der Waals surface area contributed by atoms with E-state index < -0.39 is 0 Å². The molecule has 114 valence electrons. The summed E-state index contributed by atoms with van der Waals surface area (Å²) in [6.45, 7) is 2.82. The predicted octanol–water partition coefficient (Wildman–Crippen LogP) is 3.94. The number of amides is 1. The SMILES string of the molecule is CCCOc1ccc(/C=C/C(=O)NC2CCCCC2)cc1. The first kappa shape index (κ1) is 15.6. The summed E-state index contributed by atoms with van der Waals surface area (Å²) in [5, 5.41) is 3.08. The Kier molecular flexibility index (Phi) is 6.32. The number of carbonyl (C=O) groups is 1. The second-order valence-corrected chi connectivity index (χ2v) is 5.59. The van der Waals surface area contributed by atoms with Gasteiger partial charge in [-0.2, -0.15) is 0 Å². The van der Waals surface area contributed by atoms with Gasteiger partial charge in [-0.3, -0.25) is 4.79 Å². The van der Waals surface area contributed by atoms with Crippen LogP contribution in [-0.4, -0.2) is 18.6 Å². The Labute approximate surface area is 127 Å². The predicted molar refractivity (Wildman–Crippen MR) is 86.3 cm³/mol. The number of hydrogen-bond donors (Lipinski definition) is 1. The van der Waals surface area contributed by atoms with Gasteiger partial charge in [-0.25, -0.2) is 0 Å². The first-order valence-corrected chi connectivity index (χ1v) is 7.99. The maximum absolute atomic E-state index is 11.9. The molecule has 2 rings (SSSR count). The molecule has 1 aliphatic rings. The fourth-order valence-corrected chi connectivity index (χ4v) is 2.56. The summed E-state index contributed by atoms with van der Waals surface area (Å²) in [4.78, 5) is 11.9. The molecule has 0 saturated heterocycles. The van der Waals surface area contributed by atoms with Crippen molar-refractivity contribution in [2.24, 2.45) is 0 Å². The number of hydrogen-bond acceptors (Lipinski definition) is 2. The largest absolute Gasteiger partial charge is 0.494 e. The van der Waals surface area contributed by atoms with E-state index in [9.17, 15) is 4.79 Å². The van der Waals surface area contributed by atoms with Gasteiger partial charge >= 0.3 is 0 Å². The van der Waals surface area contributed by atoms with Crippen LogP contribution in [0.1, 0.15) is 51.0 Å². The lowest BCUT2D eigenvalue weighted by Gasteiger charge is -2.21. The van der Waals surface area contributed by atoms with E-state index >= 15 is 0 Å². The van der Waals surface area contributed by atoms with Crippen molar-refractivity contribution < 1.29 is 9.53 Å². The molecule has 3 heteroatoms. The summed E-state index contributed by atoms with van der Waals surface area (Å²) in [6, 6.07) is 8.17. The van der Waals surface area contributed by atoms with Crippen LogP contribution in [0, 0.1) is 0 Å². The molecule has 0 bridgehead atoms. The van der Waals surface area contributed by atoms with Gasteiger partial charge in [0.25, 0.3) is 0 Å². The highest BCUT2D eigenvalue weighted by atomic mass is 16.5. The van der Waals surface area contributed by atoms with Crippen LogP contribution in [-0.2, 0) is 4.79 Å². The Bertz CT molecular complexity index is 459. The minimum absolute atomic E-state index is 0.00760. The second-order valence-electron chi connectivity index (χ2n) is 5.59. The summed E-state index contributed by atoms with van der Waals surface area (Å²) in [5.41, 5.74) is 1.01. The molecule has 0 heterocycles. The topological polar surface area (TPSA) is 38.3 Å². The van der Waals surface area contributed by atoms with Crippen LogP contribution < -0.4 is 10.1 Å². The van der Waals surface area contributed by atoms with E-state index in [0.29, 0.717) is 6.04 Å². The van der Waals surface area contributed by atoms with Gasteiger partial charge in [0.1, 0.15) is 5.75 Å². The van der Waals surface area contributed by atoms with Gasteiger partial charge in [0.2, 0.25) is 5.91 Å². The van der Waals surface area contributed by atoms with Crippen molar-refractivity contribution in [3.63, 3.8) is 0 Å². The van der Waals surface area contributed by atoms with Crippen molar-refractivity contribution in [2.45, 2.75) is 51.5 Å². The molecule has 0 aliphatic heterocycles. The molecule has 0 aromatic heterocycles. The van der Waals surface area contributed by atoms with Crippen molar-refractivity contribution in [3.8, 4) is 5.75 Å². The summed E-state index contributed by atoms with van der Waals surface area (Å²) < 4.78 is 5.53. The highest BCUT2D eigenvalue weighted by molar-refractivity contribution is 5.91. The minimum atomic E-state index is 0.00760. The molecule has 3 nitrogen and oxygen atoms in total. The zero-order valence-corrected chi connectivity index (χ0v) is 12.8. The van der Waals surface area contributed by atoms with E-state index in [0.717, 1.165) is 37.2 Å². The summed E-state index contributed by atoms with van der Waals surface area (Å²) in [7, 11) is 0. The van der Waals surface area contributed by atoms with Gasteiger partial charge in [-0.15, -0.1) is 0 Å². The van der Waals surface area contributed by atoms with Crippen LogP contribution in [0.3, 0.4) is 0 Å². The maximum atomic E-state index is 11.9. The fraction of sp³-hybridized carbons (Fsp3) is 0.500.